The Morgan fingerprint density at radius 1 is 0.897 bits per heavy atom. The molecule has 3 rings (SSSR count). The second-order valence-corrected chi connectivity index (χ2v) is 7.87. The minimum atomic E-state index is 0.177. The van der Waals surface area contributed by atoms with Crippen LogP contribution in [0.25, 0.3) is 0 Å². The molecular weight excluding hydrogens is 436 g/mol. The summed E-state index contributed by atoms with van der Waals surface area (Å²) in [5.41, 5.74) is 2.08. The number of amides is 1. The molecule has 2 aromatic rings. The summed E-state index contributed by atoms with van der Waals surface area (Å²) in [6.45, 7) is 3.83. The summed E-state index contributed by atoms with van der Waals surface area (Å²) in [5.74, 6) is 2.13. The molecule has 0 atom stereocenters. The van der Waals surface area contributed by atoms with Crippen molar-refractivity contribution in [2.24, 2.45) is 0 Å². The van der Waals surface area contributed by atoms with Crippen molar-refractivity contribution in [2.45, 2.75) is 13.0 Å². The van der Waals surface area contributed by atoms with E-state index in [2.05, 4.69) is 20.8 Å². The van der Waals surface area contributed by atoms with Crippen LogP contribution >= 0.6 is 15.9 Å². The summed E-state index contributed by atoms with van der Waals surface area (Å²) < 4.78 is 17.4. The van der Waals surface area contributed by atoms with Gasteiger partial charge in [-0.1, -0.05) is 34.1 Å². The highest BCUT2D eigenvalue weighted by Gasteiger charge is 2.23. The number of benzene rings is 2. The average Bonchev–Trinajstić information content (AvgIpc) is 2.75. The smallest absolute Gasteiger partial charge is 0.227 e. The molecule has 6 nitrogen and oxygen atoms in total. The fourth-order valence-corrected chi connectivity index (χ4v) is 3.84. The van der Waals surface area contributed by atoms with E-state index in [1.807, 2.05) is 41.3 Å². The van der Waals surface area contributed by atoms with E-state index in [1.165, 1.54) is 0 Å². The third-order valence-corrected chi connectivity index (χ3v) is 5.70. The lowest BCUT2D eigenvalue weighted by molar-refractivity contribution is -0.132. The molecule has 1 fully saturated rings. The predicted molar refractivity (Wildman–Crippen MR) is 116 cm³/mol. The van der Waals surface area contributed by atoms with Gasteiger partial charge in [0.1, 0.15) is 0 Å². The van der Waals surface area contributed by atoms with Crippen LogP contribution in [0.1, 0.15) is 11.1 Å². The maximum absolute atomic E-state index is 12.6. The standard InChI is InChI=1S/C22H27BrN2O4/c1-27-19-9-6-17(21(28-2)22(19)29-3)15-24-10-12-25(13-11-24)20(26)14-16-4-7-18(23)8-5-16/h4-9H,10-15H2,1-3H3. The molecule has 0 aromatic heterocycles. The van der Waals surface area contributed by atoms with Crippen molar-refractivity contribution in [2.75, 3.05) is 47.5 Å². The van der Waals surface area contributed by atoms with Gasteiger partial charge in [-0.05, 0) is 23.8 Å². The van der Waals surface area contributed by atoms with Crippen molar-refractivity contribution in [1.82, 2.24) is 9.80 Å². The van der Waals surface area contributed by atoms with Crippen LogP contribution in [0, 0.1) is 0 Å². The molecule has 0 radical (unpaired) electrons. The lowest BCUT2D eigenvalue weighted by Gasteiger charge is -2.35. The van der Waals surface area contributed by atoms with Crippen molar-refractivity contribution in [3.05, 3.63) is 52.0 Å². The van der Waals surface area contributed by atoms with Crippen molar-refractivity contribution >= 4 is 21.8 Å². The van der Waals surface area contributed by atoms with Gasteiger partial charge in [0.25, 0.3) is 0 Å². The molecule has 1 amide bonds. The summed E-state index contributed by atoms with van der Waals surface area (Å²) in [5, 5.41) is 0. The fraction of sp³-hybridized carbons (Fsp3) is 0.409. The lowest BCUT2D eigenvalue weighted by atomic mass is 10.1. The normalized spacial score (nSPS) is 14.6. The van der Waals surface area contributed by atoms with Gasteiger partial charge < -0.3 is 19.1 Å². The Bertz CT molecular complexity index is 833. The molecule has 2 aromatic carbocycles. The van der Waals surface area contributed by atoms with Gasteiger partial charge in [0.2, 0.25) is 11.7 Å². The first-order valence-corrected chi connectivity index (χ1v) is 10.4. The molecule has 1 saturated heterocycles. The second-order valence-electron chi connectivity index (χ2n) is 6.95. The van der Waals surface area contributed by atoms with Gasteiger partial charge in [-0.25, -0.2) is 0 Å². The third-order valence-electron chi connectivity index (χ3n) is 5.17. The van der Waals surface area contributed by atoms with Crippen molar-refractivity contribution in [1.29, 1.82) is 0 Å². The predicted octanol–water partition coefficient (Wildman–Crippen LogP) is 3.36. The largest absolute Gasteiger partial charge is 0.493 e. The van der Waals surface area contributed by atoms with E-state index in [0.29, 0.717) is 23.7 Å². The number of carbonyl (C=O) groups is 1. The molecule has 1 aliphatic rings. The summed E-state index contributed by atoms with van der Waals surface area (Å²) >= 11 is 3.42. The summed E-state index contributed by atoms with van der Waals surface area (Å²) in [4.78, 5) is 16.9. The SMILES string of the molecule is COc1ccc(CN2CCN(C(=O)Cc3ccc(Br)cc3)CC2)c(OC)c1OC. The molecule has 0 saturated carbocycles. The molecule has 1 heterocycles. The van der Waals surface area contributed by atoms with Crippen LogP contribution in [0.3, 0.4) is 0 Å². The zero-order valence-corrected chi connectivity index (χ0v) is 18.7. The van der Waals surface area contributed by atoms with E-state index in [4.69, 9.17) is 14.2 Å². The van der Waals surface area contributed by atoms with Gasteiger partial charge in [-0.15, -0.1) is 0 Å². The number of halogens is 1. The van der Waals surface area contributed by atoms with E-state index >= 15 is 0 Å². The number of rotatable bonds is 7. The Morgan fingerprint density at radius 2 is 1.55 bits per heavy atom. The van der Waals surface area contributed by atoms with E-state index in [9.17, 15) is 4.79 Å². The van der Waals surface area contributed by atoms with Gasteiger partial charge in [0.05, 0.1) is 27.8 Å². The van der Waals surface area contributed by atoms with Gasteiger partial charge in [0, 0.05) is 42.8 Å². The number of carbonyl (C=O) groups excluding carboxylic acids is 1. The van der Waals surface area contributed by atoms with E-state index in [0.717, 1.165) is 48.3 Å². The Hall–Kier alpha value is -2.25. The van der Waals surface area contributed by atoms with E-state index in [-0.39, 0.29) is 5.91 Å². The summed E-state index contributed by atoms with van der Waals surface area (Å²) in [6.07, 6.45) is 0.441. The van der Waals surface area contributed by atoms with Crippen molar-refractivity contribution in [3.63, 3.8) is 0 Å². The highest BCUT2D eigenvalue weighted by Crippen LogP contribution is 2.40. The molecule has 0 unspecified atom stereocenters. The monoisotopic (exact) mass is 462 g/mol. The zero-order valence-electron chi connectivity index (χ0n) is 17.1. The molecule has 156 valence electrons. The Kier molecular flexibility index (Phi) is 7.39. The first-order valence-electron chi connectivity index (χ1n) is 9.58. The average molecular weight is 463 g/mol. The van der Waals surface area contributed by atoms with Gasteiger partial charge in [-0.3, -0.25) is 9.69 Å². The van der Waals surface area contributed by atoms with E-state index in [1.54, 1.807) is 21.3 Å². The third kappa shape index (κ3) is 5.22. The van der Waals surface area contributed by atoms with Crippen LogP contribution in [-0.2, 0) is 17.8 Å². The zero-order chi connectivity index (χ0) is 20.8. The maximum Gasteiger partial charge on any atom is 0.227 e. The van der Waals surface area contributed by atoms with Gasteiger partial charge in [-0.2, -0.15) is 0 Å². The topological polar surface area (TPSA) is 51.2 Å². The molecule has 29 heavy (non-hydrogen) atoms. The summed E-state index contributed by atoms with van der Waals surface area (Å²) in [7, 11) is 4.86. The molecule has 0 aliphatic carbocycles. The number of methoxy groups -OCH3 is 3. The minimum absolute atomic E-state index is 0.177. The van der Waals surface area contributed by atoms with Gasteiger partial charge >= 0.3 is 0 Å². The lowest BCUT2D eigenvalue weighted by Crippen LogP contribution is -2.48. The fourth-order valence-electron chi connectivity index (χ4n) is 3.57. The van der Waals surface area contributed by atoms with Crippen LogP contribution in [-0.4, -0.2) is 63.2 Å². The minimum Gasteiger partial charge on any atom is -0.493 e. The van der Waals surface area contributed by atoms with Gasteiger partial charge in [0.15, 0.2) is 11.5 Å². The van der Waals surface area contributed by atoms with Crippen LogP contribution < -0.4 is 14.2 Å². The number of hydrogen-bond acceptors (Lipinski definition) is 5. The van der Waals surface area contributed by atoms with Crippen molar-refractivity contribution in [3.8, 4) is 17.2 Å². The first-order chi connectivity index (χ1) is 14.0. The highest BCUT2D eigenvalue weighted by atomic mass is 79.9. The number of ether oxygens (including phenoxy) is 3. The molecule has 1 aliphatic heterocycles. The van der Waals surface area contributed by atoms with E-state index < -0.39 is 0 Å². The molecule has 0 bridgehead atoms. The molecule has 0 N–H and O–H groups in total. The number of nitrogens with zero attached hydrogens (tertiary/aromatic N) is 2. The first kappa shape index (κ1) is 21.5. The van der Waals surface area contributed by atoms with Crippen molar-refractivity contribution < 1.29 is 19.0 Å². The molecular formula is C22H27BrN2O4. The number of piperazine rings is 1. The molecule has 7 heteroatoms. The van der Waals surface area contributed by atoms with Crippen LogP contribution in [0.15, 0.2) is 40.9 Å². The highest BCUT2D eigenvalue weighted by molar-refractivity contribution is 9.10. The Morgan fingerprint density at radius 3 is 2.14 bits per heavy atom. The van der Waals surface area contributed by atoms with Crippen LogP contribution in [0.5, 0.6) is 17.2 Å². The molecule has 0 spiro atoms. The quantitative estimate of drug-likeness (QED) is 0.631. The summed E-state index contributed by atoms with van der Waals surface area (Å²) in [6, 6.07) is 11.8. The number of hydrogen-bond donors (Lipinski definition) is 0. The Labute approximate surface area is 180 Å². The van der Waals surface area contributed by atoms with Crippen LogP contribution in [0.4, 0.5) is 0 Å². The Balaban J connectivity index is 1.58. The van der Waals surface area contributed by atoms with Crippen LogP contribution in [0.2, 0.25) is 0 Å². The maximum atomic E-state index is 12.6. The second kappa shape index (κ2) is 9.98.